The minimum Gasteiger partial charge on any atom is -0.456 e. The third-order valence-corrected chi connectivity index (χ3v) is 3.26. The fourth-order valence-electron chi connectivity index (χ4n) is 2.09. The largest absolute Gasteiger partial charge is 0.456 e. The van der Waals surface area contributed by atoms with E-state index in [-0.39, 0.29) is 13.0 Å². The topological polar surface area (TPSA) is 122 Å². The summed E-state index contributed by atoms with van der Waals surface area (Å²) in [6, 6.07) is 5.65. The van der Waals surface area contributed by atoms with Gasteiger partial charge in [-0.15, -0.1) is 0 Å². The summed E-state index contributed by atoms with van der Waals surface area (Å²) in [5.41, 5.74) is 0.585. The first-order valence-corrected chi connectivity index (χ1v) is 7.06. The molecule has 9 heteroatoms. The summed E-state index contributed by atoms with van der Waals surface area (Å²) in [5.74, 6) is -2.50. The quantitative estimate of drug-likeness (QED) is 0.562. The predicted molar refractivity (Wildman–Crippen MR) is 80.0 cm³/mol. The second kappa shape index (κ2) is 7.36. The molecule has 126 valence electrons. The van der Waals surface area contributed by atoms with Crippen LogP contribution in [0.15, 0.2) is 24.3 Å². The first-order valence-electron chi connectivity index (χ1n) is 7.06. The van der Waals surface area contributed by atoms with Gasteiger partial charge in [0.1, 0.15) is 0 Å². The number of fused-ring (bicyclic) bond motifs is 1. The number of carbonyl (C=O) groups excluding carboxylic acids is 5. The Morgan fingerprint density at radius 2 is 1.67 bits per heavy atom. The van der Waals surface area contributed by atoms with E-state index in [1.54, 1.807) is 12.1 Å². The maximum atomic E-state index is 12.1. The van der Waals surface area contributed by atoms with Crippen molar-refractivity contribution in [2.75, 3.05) is 20.2 Å². The van der Waals surface area contributed by atoms with Crippen LogP contribution in [0.5, 0.6) is 0 Å². The number of carbonyl (C=O) groups is 5. The predicted octanol–water partition coefficient (Wildman–Crippen LogP) is -0.328. The molecule has 9 nitrogen and oxygen atoms in total. The lowest BCUT2D eigenvalue weighted by Gasteiger charge is -2.13. The van der Waals surface area contributed by atoms with Crippen LogP contribution in [0.25, 0.3) is 0 Å². The van der Waals surface area contributed by atoms with Crippen molar-refractivity contribution in [3.8, 4) is 0 Å². The Balaban J connectivity index is 1.81. The van der Waals surface area contributed by atoms with Crippen molar-refractivity contribution >= 4 is 29.7 Å². The Labute approximate surface area is 136 Å². The van der Waals surface area contributed by atoms with Gasteiger partial charge in [-0.2, -0.15) is 0 Å². The Morgan fingerprint density at radius 3 is 2.21 bits per heavy atom. The van der Waals surface area contributed by atoms with Crippen molar-refractivity contribution in [1.29, 1.82) is 0 Å². The summed E-state index contributed by atoms with van der Waals surface area (Å²) < 4.78 is 4.68. The molecule has 1 aromatic carbocycles. The number of esters is 1. The first-order chi connectivity index (χ1) is 11.4. The molecular weight excluding hydrogens is 318 g/mol. The number of ether oxygens (including phenoxy) is 1. The Kier molecular flexibility index (Phi) is 5.25. The number of imide groups is 2. The zero-order chi connectivity index (χ0) is 17.7. The normalized spacial score (nSPS) is 12.6. The lowest BCUT2D eigenvalue weighted by Crippen LogP contribution is -2.40. The summed E-state index contributed by atoms with van der Waals surface area (Å²) in [6.45, 7) is -0.781. The van der Waals surface area contributed by atoms with Crippen molar-refractivity contribution in [2.45, 2.75) is 6.42 Å². The van der Waals surface area contributed by atoms with Gasteiger partial charge in [0.15, 0.2) is 6.61 Å². The summed E-state index contributed by atoms with van der Waals surface area (Å²) in [5, 5.41) is 4.09. The Morgan fingerprint density at radius 1 is 1.08 bits per heavy atom. The van der Waals surface area contributed by atoms with Gasteiger partial charge in [0.05, 0.1) is 17.5 Å². The molecule has 0 atom stereocenters. The molecule has 1 aliphatic heterocycles. The molecule has 0 bridgehead atoms. The molecule has 2 rings (SSSR count). The van der Waals surface area contributed by atoms with Gasteiger partial charge in [-0.05, 0) is 12.1 Å². The van der Waals surface area contributed by atoms with Crippen LogP contribution in [0.4, 0.5) is 4.79 Å². The Hall–Kier alpha value is -3.23. The summed E-state index contributed by atoms with van der Waals surface area (Å²) in [6.07, 6.45) is -0.251. The molecule has 0 spiro atoms. The van der Waals surface area contributed by atoms with Gasteiger partial charge < -0.3 is 10.1 Å². The van der Waals surface area contributed by atoms with E-state index in [1.807, 2.05) is 5.32 Å². The molecule has 1 aliphatic rings. The molecule has 24 heavy (non-hydrogen) atoms. The molecule has 0 unspecified atom stereocenters. The van der Waals surface area contributed by atoms with Crippen molar-refractivity contribution < 1.29 is 28.7 Å². The van der Waals surface area contributed by atoms with Gasteiger partial charge in [-0.1, -0.05) is 12.1 Å². The average Bonchev–Trinajstić information content (AvgIpc) is 2.82. The van der Waals surface area contributed by atoms with E-state index in [9.17, 15) is 24.0 Å². The SMILES string of the molecule is CNC(=O)NC(=O)COC(=O)CCN1C(=O)c2ccccc2C1=O. The number of urea groups is 1. The van der Waals surface area contributed by atoms with Crippen LogP contribution in [0.3, 0.4) is 0 Å². The number of benzene rings is 1. The first kappa shape index (κ1) is 17.1. The highest BCUT2D eigenvalue weighted by molar-refractivity contribution is 6.21. The maximum absolute atomic E-state index is 12.1. The summed E-state index contributed by atoms with van der Waals surface area (Å²) in [4.78, 5) is 58.9. The highest BCUT2D eigenvalue weighted by atomic mass is 16.5. The third-order valence-electron chi connectivity index (χ3n) is 3.26. The van der Waals surface area contributed by atoms with Crippen LogP contribution in [0.2, 0.25) is 0 Å². The van der Waals surface area contributed by atoms with E-state index in [2.05, 4.69) is 10.1 Å². The van der Waals surface area contributed by atoms with E-state index >= 15 is 0 Å². The second-order valence-electron chi connectivity index (χ2n) is 4.85. The van der Waals surface area contributed by atoms with Crippen LogP contribution >= 0.6 is 0 Å². The number of hydrogen-bond donors (Lipinski definition) is 2. The average molecular weight is 333 g/mol. The van der Waals surface area contributed by atoms with Gasteiger partial charge in [-0.25, -0.2) is 4.79 Å². The number of rotatable bonds is 5. The molecule has 0 aliphatic carbocycles. The van der Waals surface area contributed by atoms with Gasteiger partial charge in [0.2, 0.25) is 0 Å². The summed E-state index contributed by atoms with van der Waals surface area (Å²) in [7, 11) is 1.33. The molecule has 0 saturated carbocycles. The molecule has 0 fully saturated rings. The molecule has 0 aromatic heterocycles. The zero-order valence-electron chi connectivity index (χ0n) is 12.8. The van der Waals surface area contributed by atoms with Crippen LogP contribution in [-0.4, -0.2) is 54.8 Å². The molecular formula is C15H15N3O6. The fourth-order valence-corrected chi connectivity index (χ4v) is 2.09. The van der Waals surface area contributed by atoms with Gasteiger partial charge in [0, 0.05) is 13.6 Å². The fraction of sp³-hybridized carbons (Fsp3) is 0.267. The van der Waals surface area contributed by atoms with Gasteiger partial charge in [0.25, 0.3) is 17.7 Å². The molecule has 0 radical (unpaired) electrons. The van der Waals surface area contributed by atoms with E-state index in [1.165, 1.54) is 19.2 Å². The number of nitrogens with zero attached hydrogens (tertiary/aromatic N) is 1. The standard InChI is InChI=1S/C15H15N3O6/c1-16-15(23)17-11(19)8-24-12(20)6-7-18-13(21)9-4-2-3-5-10(9)14(18)22/h2-5H,6-8H2,1H3,(H2,16,17,19,23). The van der Waals surface area contributed by atoms with Crippen molar-refractivity contribution in [2.24, 2.45) is 0 Å². The van der Waals surface area contributed by atoms with Crippen molar-refractivity contribution in [3.63, 3.8) is 0 Å². The molecule has 1 aromatic rings. The van der Waals surface area contributed by atoms with Gasteiger partial charge in [-0.3, -0.25) is 29.4 Å². The van der Waals surface area contributed by atoms with Crippen LogP contribution in [0, 0.1) is 0 Å². The second-order valence-corrected chi connectivity index (χ2v) is 4.85. The minimum atomic E-state index is -0.788. The molecule has 0 saturated heterocycles. The number of nitrogens with one attached hydrogen (secondary N) is 2. The Bertz CT molecular complexity index is 680. The van der Waals surface area contributed by atoms with E-state index in [0.717, 1.165) is 4.90 Å². The van der Waals surface area contributed by atoms with Crippen molar-refractivity contribution in [3.05, 3.63) is 35.4 Å². The monoisotopic (exact) mass is 333 g/mol. The van der Waals surface area contributed by atoms with Crippen LogP contribution < -0.4 is 10.6 Å². The molecule has 2 N–H and O–H groups in total. The lowest BCUT2D eigenvalue weighted by atomic mass is 10.1. The molecule has 5 amide bonds. The van der Waals surface area contributed by atoms with Crippen molar-refractivity contribution in [1.82, 2.24) is 15.5 Å². The van der Waals surface area contributed by atoms with Crippen LogP contribution in [0.1, 0.15) is 27.1 Å². The zero-order valence-corrected chi connectivity index (χ0v) is 12.8. The van der Waals surface area contributed by atoms with Gasteiger partial charge >= 0.3 is 12.0 Å². The minimum absolute atomic E-state index is 0.151. The lowest BCUT2D eigenvalue weighted by molar-refractivity contribution is -0.148. The maximum Gasteiger partial charge on any atom is 0.321 e. The smallest absolute Gasteiger partial charge is 0.321 e. The summed E-state index contributed by atoms with van der Waals surface area (Å²) >= 11 is 0. The van der Waals surface area contributed by atoms with E-state index in [4.69, 9.17) is 0 Å². The van der Waals surface area contributed by atoms with E-state index < -0.39 is 36.3 Å². The van der Waals surface area contributed by atoms with Crippen LogP contribution in [-0.2, 0) is 14.3 Å². The number of hydrogen-bond acceptors (Lipinski definition) is 6. The van der Waals surface area contributed by atoms with E-state index in [0.29, 0.717) is 11.1 Å². The third kappa shape index (κ3) is 3.75. The highest BCUT2D eigenvalue weighted by Gasteiger charge is 2.35. The molecule has 1 heterocycles. The number of amides is 5. The highest BCUT2D eigenvalue weighted by Crippen LogP contribution is 2.22.